The Morgan fingerprint density at radius 3 is 2.23 bits per heavy atom. The van der Waals surface area contributed by atoms with Crippen molar-refractivity contribution in [2.24, 2.45) is 0 Å². The maximum atomic E-state index is 12.7. The summed E-state index contributed by atoms with van der Waals surface area (Å²) < 4.78 is 38.1. The Morgan fingerprint density at radius 2 is 1.55 bits per heavy atom. The molecule has 2 heterocycles. The third kappa shape index (κ3) is 4.57. The molecular formula is C23H22F3N3O2. The molecule has 31 heavy (non-hydrogen) atoms. The van der Waals surface area contributed by atoms with Crippen molar-refractivity contribution in [3.63, 3.8) is 0 Å². The lowest BCUT2D eigenvalue weighted by Gasteiger charge is -2.35. The molecule has 2 amide bonds. The van der Waals surface area contributed by atoms with Crippen LogP contribution < -0.4 is 0 Å². The lowest BCUT2D eigenvalue weighted by atomic mass is 10.1. The minimum absolute atomic E-state index is 0.0342. The fourth-order valence-electron chi connectivity index (χ4n) is 3.88. The molecule has 1 fully saturated rings. The highest BCUT2D eigenvalue weighted by Gasteiger charge is 2.31. The van der Waals surface area contributed by atoms with Crippen LogP contribution in [0.2, 0.25) is 0 Å². The van der Waals surface area contributed by atoms with E-state index in [4.69, 9.17) is 0 Å². The summed E-state index contributed by atoms with van der Waals surface area (Å²) in [5, 5.41) is 1.11. The number of aromatic nitrogens is 1. The van der Waals surface area contributed by atoms with E-state index < -0.39 is 11.7 Å². The highest BCUT2D eigenvalue weighted by Crippen LogP contribution is 2.29. The number of fused-ring (bicyclic) bond motifs is 1. The van der Waals surface area contributed by atoms with E-state index in [2.05, 4.69) is 4.98 Å². The number of amides is 2. The van der Waals surface area contributed by atoms with Gasteiger partial charge < -0.3 is 14.8 Å². The van der Waals surface area contributed by atoms with Crippen molar-refractivity contribution in [3.8, 4) is 0 Å². The number of aryl methyl sites for hydroxylation is 1. The third-order valence-corrected chi connectivity index (χ3v) is 5.66. The van der Waals surface area contributed by atoms with Gasteiger partial charge in [0.25, 0.3) is 5.91 Å². The molecule has 1 saturated heterocycles. The largest absolute Gasteiger partial charge is 0.416 e. The molecule has 3 aromatic rings. The van der Waals surface area contributed by atoms with Gasteiger partial charge in [-0.3, -0.25) is 9.59 Å². The number of para-hydroxylation sites is 1. The summed E-state index contributed by atoms with van der Waals surface area (Å²) in [5.41, 5.74) is 1.57. The predicted molar refractivity (Wildman–Crippen MR) is 111 cm³/mol. The number of aromatic amines is 1. The second-order valence-corrected chi connectivity index (χ2v) is 7.61. The molecule has 0 unspecified atom stereocenters. The van der Waals surface area contributed by atoms with Crippen LogP contribution >= 0.6 is 0 Å². The lowest BCUT2D eigenvalue weighted by molar-refractivity contribution is -0.137. The number of nitrogens with one attached hydrogen (secondary N) is 1. The molecule has 0 saturated carbocycles. The standard InChI is InChI=1S/C23H22F3N3O2/c24-23(25,26)18-8-5-16(6-9-18)22(31)29-13-11-28(12-14-29)21(30)10-7-17-15-27-20-4-2-1-3-19(17)20/h1-6,8-9,15,27H,7,10-14H2. The molecule has 1 N–H and O–H groups in total. The van der Waals surface area contributed by atoms with E-state index in [0.29, 0.717) is 39.0 Å². The number of piperazine rings is 1. The fourth-order valence-corrected chi connectivity index (χ4v) is 3.88. The van der Waals surface area contributed by atoms with Crippen molar-refractivity contribution in [3.05, 3.63) is 71.4 Å². The Kier molecular flexibility index (Phi) is 5.71. The van der Waals surface area contributed by atoms with Gasteiger partial charge in [-0.25, -0.2) is 0 Å². The first-order valence-electron chi connectivity index (χ1n) is 10.1. The van der Waals surface area contributed by atoms with Crippen molar-refractivity contribution < 1.29 is 22.8 Å². The van der Waals surface area contributed by atoms with Crippen molar-refractivity contribution in [2.45, 2.75) is 19.0 Å². The number of hydrogen-bond acceptors (Lipinski definition) is 2. The zero-order chi connectivity index (χ0) is 22.0. The first-order chi connectivity index (χ1) is 14.8. The molecule has 8 heteroatoms. The number of hydrogen-bond donors (Lipinski definition) is 1. The molecule has 1 aromatic heterocycles. The van der Waals surface area contributed by atoms with Gasteiger partial charge in [0, 0.05) is 55.3 Å². The van der Waals surface area contributed by atoms with E-state index in [9.17, 15) is 22.8 Å². The topological polar surface area (TPSA) is 56.4 Å². The van der Waals surface area contributed by atoms with Gasteiger partial charge in [-0.05, 0) is 42.3 Å². The number of nitrogens with zero attached hydrogens (tertiary/aromatic N) is 2. The summed E-state index contributed by atoms with van der Waals surface area (Å²) in [4.78, 5) is 31.7. The molecule has 4 rings (SSSR count). The SMILES string of the molecule is O=C(CCc1c[nH]c2ccccc12)N1CCN(C(=O)c2ccc(C(F)(F)F)cc2)CC1. The van der Waals surface area contributed by atoms with Crippen LogP contribution in [0.3, 0.4) is 0 Å². The highest BCUT2D eigenvalue weighted by atomic mass is 19.4. The summed E-state index contributed by atoms with van der Waals surface area (Å²) in [6.45, 7) is 1.55. The Labute approximate surface area is 177 Å². The van der Waals surface area contributed by atoms with Crippen LogP contribution in [0.4, 0.5) is 13.2 Å². The first kappa shape index (κ1) is 21.0. The zero-order valence-corrected chi connectivity index (χ0v) is 16.8. The van der Waals surface area contributed by atoms with Crippen molar-refractivity contribution in [1.82, 2.24) is 14.8 Å². The molecule has 162 valence electrons. The van der Waals surface area contributed by atoms with Crippen LogP contribution in [-0.4, -0.2) is 52.8 Å². The molecule has 1 aliphatic heterocycles. The van der Waals surface area contributed by atoms with Gasteiger partial charge in [-0.15, -0.1) is 0 Å². The van der Waals surface area contributed by atoms with Crippen molar-refractivity contribution in [2.75, 3.05) is 26.2 Å². The van der Waals surface area contributed by atoms with Crippen LogP contribution in [0.1, 0.15) is 27.9 Å². The second-order valence-electron chi connectivity index (χ2n) is 7.61. The smallest absolute Gasteiger partial charge is 0.361 e. The van der Waals surface area contributed by atoms with E-state index in [-0.39, 0.29) is 17.4 Å². The summed E-state index contributed by atoms with van der Waals surface area (Å²) >= 11 is 0. The van der Waals surface area contributed by atoms with Gasteiger partial charge in [0.2, 0.25) is 5.91 Å². The monoisotopic (exact) mass is 429 g/mol. The number of carbonyl (C=O) groups excluding carboxylic acids is 2. The molecule has 0 radical (unpaired) electrons. The van der Waals surface area contributed by atoms with Crippen LogP contribution in [0.25, 0.3) is 10.9 Å². The molecule has 1 aliphatic rings. The number of alkyl halides is 3. The number of carbonyl (C=O) groups is 2. The summed E-state index contributed by atoms with van der Waals surface area (Å²) in [6, 6.07) is 12.2. The van der Waals surface area contributed by atoms with Crippen LogP contribution in [-0.2, 0) is 17.4 Å². The van der Waals surface area contributed by atoms with E-state index in [1.54, 1.807) is 9.80 Å². The van der Waals surface area contributed by atoms with Crippen LogP contribution in [0.15, 0.2) is 54.7 Å². The summed E-state index contributed by atoms with van der Waals surface area (Å²) in [5.74, 6) is -0.286. The third-order valence-electron chi connectivity index (χ3n) is 5.66. The van der Waals surface area contributed by atoms with Crippen LogP contribution in [0, 0.1) is 0 Å². The van der Waals surface area contributed by atoms with Crippen LogP contribution in [0.5, 0.6) is 0 Å². The summed E-state index contributed by atoms with van der Waals surface area (Å²) in [7, 11) is 0. The van der Waals surface area contributed by atoms with Gasteiger partial charge in [0.15, 0.2) is 0 Å². The van der Waals surface area contributed by atoms with E-state index >= 15 is 0 Å². The normalized spacial score (nSPS) is 14.8. The maximum Gasteiger partial charge on any atom is 0.416 e. The molecule has 0 aliphatic carbocycles. The molecular weight excluding hydrogens is 407 g/mol. The average molecular weight is 429 g/mol. The summed E-state index contributed by atoms with van der Waals surface area (Å²) in [6.07, 6.45) is -1.49. The van der Waals surface area contributed by atoms with E-state index in [1.807, 2.05) is 30.5 Å². The van der Waals surface area contributed by atoms with Gasteiger partial charge in [0.05, 0.1) is 5.56 Å². The Hall–Kier alpha value is -3.29. The molecule has 0 bridgehead atoms. The van der Waals surface area contributed by atoms with Gasteiger partial charge in [-0.1, -0.05) is 18.2 Å². The van der Waals surface area contributed by atoms with Crippen molar-refractivity contribution >= 4 is 22.7 Å². The first-order valence-corrected chi connectivity index (χ1v) is 10.1. The van der Waals surface area contributed by atoms with E-state index in [0.717, 1.165) is 28.6 Å². The number of H-pyrrole nitrogens is 1. The minimum atomic E-state index is -4.43. The molecule has 0 spiro atoms. The maximum absolute atomic E-state index is 12.7. The van der Waals surface area contributed by atoms with Gasteiger partial charge in [-0.2, -0.15) is 13.2 Å². The molecule has 2 aromatic carbocycles. The highest BCUT2D eigenvalue weighted by molar-refractivity contribution is 5.94. The van der Waals surface area contributed by atoms with E-state index in [1.165, 1.54) is 12.1 Å². The average Bonchev–Trinajstić information content (AvgIpc) is 3.20. The van der Waals surface area contributed by atoms with Crippen molar-refractivity contribution in [1.29, 1.82) is 0 Å². The zero-order valence-electron chi connectivity index (χ0n) is 16.8. The number of rotatable bonds is 4. The Balaban J connectivity index is 1.29. The molecule has 0 atom stereocenters. The minimum Gasteiger partial charge on any atom is -0.361 e. The van der Waals surface area contributed by atoms with Gasteiger partial charge >= 0.3 is 6.18 Å². The number of benzene rings is 2. The fraction of sp³-hybridized carbons (Fsp3) is 0.304. The predicted octanol–water partition coefficient (Wildman–Crippen LogP) is 4.10. The Morgan fingerprint density at radius 1 is 0.903 bits per heavy atom. The quantitative estimate of drug-likeness (QED) is 0.679. The number of halogens is 3. The van der Waals surface area contributed by atoms with Gasteiger partial charge in [0.1, 0.15) is 0 Å². The second kappa shape index (κ2) is 8.45. The Bertz CT molecular complexity index is 1080. The lowest BCUT2D eigenvalue weighted by Crippen LogP contribution is -2.50. The molecule has 5 nitrogen and oxygen atoms in total.